The third-order valence-electron chi connectivity index (χ3n) is 3.09. The fourth-order valence-corrected chi connectivity index (χ4v) is 2.10. The highest BCUT2D eigenvalue weighted by atomic mass is 16.3. The van der Waals surface area contributed by atoms with Crippen molar-refractivity contribution in [1.29, 1.82) is 0 Å². The van der Waals surface area contributed by atoms with Crippen LogP contribution >= 0.6 is 0 Å². The summed E-state index contributed by atoms with van der Waals surface area (Å²) in [5.41, 5.74) is 1.06. The van der Waals surface area contributed by atoms with Gasteiger partial charge in [0.25, 0.3) is 0 Å². The average Bonchev–Trinajstić information content (AvgIpc) is 2.79. The van der Waals surface area contributed by atoms with Gasteiger partial charge in [-0.1, -0.05) is 18.2 Å². The molecule has 0 saturated heterocycles. The van der Waals surface area contributed by atoms with Crippen molar-refractivity contribution < 1.29 is 9.90 Å². The number of likely N-dealkylation sites (N-methyl/N-ethyl adjacent to an activating group) is 1. The SMILES string of the molecule is CCN(CCO)C(=O)Cn1ccc2ccccc21. The number of hydrogen-bond donors (Lipinski definition) is 1. The second-order valence-electron chi connectivity index (χ2n) is 4.20. The summed E-state index contributed by atoms with van der Waals surface area (Å²) in [4.78, 5) is 13.7. The Kier molecular flexibility index (Phi) is 3.99. The zero-order valence-electron chi connectivity index (χ0n) is 10.5. The number of carbonyl (C=O) groups is 1. The lowest BCUT2D eigenvalue weighted by molar-refractivity contribution is -0.132. The van der Waals surface area contributed by atoms with Crippen LogP contribution in [0.25, 0.3) is 10.9 Å². The number of para-hydroxylation sites is 1. The van der Waals surface area contributed by atoms with Crippen molar-refractivity contribution in [1.82, 2.24) is 9.47 Å². The summed E-state index contributed by atoms with van der Waals surface area (Å²) in [6.45, 7) is 3.27. The molecular formula is C14H18N2O2. The summed E-state index contributed by atoms with van der Waals surface area (Å²) >= 11 is 0. The molecule has 0 aliphatic carbocycles. The van der Waals surface area contributed by atoms with Gasteiger partial charge in [-0.25, -0.2) is 0 Å². The summed E-state index contributed by atoms with van der Waals surface area (Å²) in [7, 11) is 0. The van der Waals surface area contributed by atoms with E-state index in [1.165, 1.54) is 0 Å². The monoisotopic (exact) mass is 246 g/mol. The van der Waals surface area contributed by atoms with Crippen LogP contribution in [-0.2, 0) is 11.3 Å². The molecule has 0 bridgehead atoms. The van der Waals surface area contributed by atoms with Crippen LogP contribution in [0.2, 0.25) is 0 Å². The Hall–Kier alpha value is -1.81. The molecule has 2 rings (SSSR count). The summed E-state index contributed by atoms with van der Waals surface area (Å²) < 4.78 is 1.94. The number of aromatic nitrogens is 1. The van der Waals surface area contributed by atoms with Crippen LogP contribution in [0, 0.1) is 0 Å². The highest BCUT2D eigenvalue weighted by Gasteiger charge is 2.12. The van der Waals surface area contributed by atoms with E-state index >= 15 is 0 Å². The van der Waals surface area contributed by atoms with Gasteiger partial charge in [0.05, 0.1) is 6.61 Å². The fraction of sp³-hybridized carbons (Fsp3) is 0.357. The number of amides is 1. The Morgan fingerprint density at radius 2 is 2.11 bits per heavy atom. The van der Waals surface area contributed by atoms with E-state index < -0.39 is 0 Å². The van der Waals surface area contributed by atoms with Crippen LogP contribution in [0.1, 0.15) is 6.92 Å². The van der Waals surface area contributed by atoms with Gasteiger partial charge < -0.3 is 14.6 Å². The molecule has 18 heavy (non-hydrogen) atoms. The van der Waals surface area contributed by atoms with Crippen LogP contribution in [0.3, 0.4) is 0 Å². The Balaban J connectivity index is 2.16. The number of benzene rings is 1. The molecule has 0 atom stereocenters. The van der Waals surface area contributed by atoms with Crippen molar-refractivity contribution in [2.24, 2.45) is 0 Å². The predicted molar refractivity (Wildman–Crippen MR) is 71.3 cm³/mol. The van der Waals surface area contributed by atoms with Crippen molar-refractivity contribution in [3.63, 3.8) is 0 Å². The average molecular weight is 246 g/mol. The molecule has 1 aromatic heterocycles. The molecule has 0 saturated carbocycles. The van der Waals surface area contributed by atoms with Crippen LogP contribution < -0.4 is 0 Å². The van der Waals surface area contributed by atoms with E-state index in [4.69, 9.17) is 5.11 Å². The number of hydrogen-bond acceptors (Lipinski definition) is 2. The Morgan fingerprint density at radius 1 is 1.33 bits per heavy atom. The zero-order valence-corrected chi connectivity index (χ0v) is 10.5. The van der Waals surface area contributed by atoms with Crippen molar-refractivity contribution in [3.05, 3.63) is 36.5 Å². The first-order valence-electron chi connectivity index (χ1n) is 6.18. The Morgan fingerprint density at radius 3 is 2.83 bits per heavy atom. The van der Waals surface area contributed by atoms with Gasteiger partial charge in [-0.15, -0.1) is 0 Å². The largest absolute Gasteiger partial charge is 0.395 e. The molecule has 0 aliphatic heterocycles. The lowest BCUT2D eigenvalue weighted by Crippen LogP contribution is -2.35. The van der Waals surface area contributed by atoms with Gasteiger partial charge >= 0.3 is 0 Å². The van der Waals surface area contributed by atoms with Gasteiger partial charge in [-0.2, -0.15) is 0 Å². The second kappa shape index (κ2) is 5.69. The molecule has 0 radical (unpaired) electrons. The van der Waals surface area contributed by atoms with E-state index in [1.54, 1.807) is 4.90 Å². The highest BCUT2D eigenvalue weighted by molar-refractivity contribution is 5.83. The highest BCUT2D eigenvalue weighted by Crippen LogP contribution is 2.15. The first-order valence-corrected chi connectivity index (χ1v) is 6.18. The maximum atomic E-state index is 12.1. The van der Waals surface area contributed by atoms with Crippen molar-refractivity contribution in [2.45, 2.75) is 13.5 Å². The van der Waals surface area contributed by atoms with Crippen LogP contribution in [0.4, 0.5) is 0 Å². The van der Waals surface area contributed by atoms with E-state index in [2.05, 4.69) is 0 Å². The minimum Gasteiger partial charge on any atom is -0.395 e. The summed E-state index contributed by atoms with van der Waals surface area (Å²) in [5.74, 6) is 0.0351. The minimum atomic E-state index is 0.00596. The molecule has 1 amide bonds. The molecule has 0 aliphatic rings. The van der Waals surface area contributed by atoms with E-state index in [1.807, 2.05) is 48.0 Å². The Bertz CT molecular complexity index is 533. The van der Waals surface area contributed by atoms with Crippen molar-refractivity contribution in [3.8, 4) is 0 Å². The lowest BCUT2D eigenvalue weighted by atomic mass is 10.2. The first-order chi connectivity index (χ1) is 8.76. The number of aliphatic hydroxyl groups is 1. The molecule has 1 heterocycles. The number of nitrogens with zero attached hydrogens (tertiary/aromatic N) is 2. The van der Waals surface area contributed by atoms with Crippen molar-refractivity contribution >= 4 is 16.8 Å². The smallest absolute Gasteiger partial charge is 0.242 e. The molecule has 0 fully saturated rings. The number of carbonyl (C=O) groups excluding carboxylic acids is 1. The topological polar surface area (TPSA) is 45.5 Å². The molecule has 0 unspecified atom stereocenters. The van der Waals surface area contributed by atoms with Gasteiger partial charge in [0.2, 0.25) is 5.91 Å². The summed E-state index contributed by atoms with van der Waals surface area (Å²) in [6.07, 6.45) is 1.93. The third-order valence-corrected chi connectivity index (χ3v) is 3.09. The van der Waals surface area contributed by atoms with Gasteiger partial charge in [0.1, 0.15) is 6.54 Å². The maximum Gasteiger partial charge on any atom is 0.242 e. The predicted octanol–water partition coefficient (Wildman–Crippen LogP) is 1.48. The van der Waals surface area contributed by atoms with Crippen LogP contribution in [0.5, 0.6) is 0 Å². The summed E-state index contributed by atoms with van der Waals surface area (Å²) in [6, 6.07) is 9.99. The number of fused-ring (bicyclic) bond motifs is 1. The second-order valence-corrected chi connectivity index (χ2v) is 4.20. The van der Waals surface area contributed by atoms with Crippen LogP contribution in [0.15, 0.2) is 36.5 Å². The van der Waals surface area contributed by atoms with Crippen molar-refractivity contribution in [2.75, 3.05) is 19.7 Å². The normalized spacial score (nSPS) is 10.8. The van der Waals surface area contributed by atoms with E-state index in [-0.39, 0.29) is 12.5 Å². The lowest BCUT2D eigenvalue weighted by Gasteiger charge is -2.20. The minimum absolute atomic E-state index is 0.00596. The van der Waals surface area contributed by atoms with E-state index in [0.29, 0.717) is 19.6 Å². The molecule has 4 nitrogen and oxygen atoms in total. The summed E-state index contributed by atoms with van der Waals surface area (Å²) in [5, 5.41) is 10.0. The molecule has 96 valence electrons. The van der Waals surface area contributed by atoms with E-state index in [9.17, 15) is 4.79 Å². The molecule has 2 aromatic rings. The quantitative estimate of drug-likeness (QED) is 0.868. The third kappa shape index (κ3) is 2.54. The van der Waals surface area contributed by atoms with Crippen LogP contribution in [-0.4, -0.2) is 40.2 Å². The standard InChI is InChI=1S/C14H18N2O2/c1-2-15(9-10-17)14(18)11-16-8-7-12-5-3-4-6-13(12)16/h3-8,17H,2,9-11H2,1H3. The van der Waals surface area contributed by atoms with E-state index in [0.717, 1.165) is 10.9 Å². The number of rotatable bonds is 5. The molecule has 1 aromatic carbocycles. The Labute approximate surface area is 106 Å². The molecule has 0 spiro atoms. The van der Waals surface area contributed by atoms with Gasteiger partial charge in [-0.05, 0) is 24.4 Å². The maximum absolute atomic E-state index is 12.1. The zero-order chi connectivity index (χ0) is 13.0. The van der Waals surface area contributed by atoms with Gasteiger partial charge in [-0.3, -0.25) is 4.79 Å². The first kappa shape index (κ1) is 12.6. The van der Waals surface area contributed by atoms with Gasteiger partial charge in [0, 0.05) is 24.8 Å². The number of aliphatic hydroxyl groups excluding tert-OH is 1. The molecule has 1 N–H and O–H groups in total. The molecular weight excluding hydrogens is 228 g/mol. The fourth-order valence-electron chi connectivity index (χ4n) is 2.10. The molecule has 4 heteroatoms. The van der Waals surface area contributed by atoms with Gasteiger partial charge in [0.15, 0.2) is 0 Å².